The zero-order chi connectivity index (χ0) is 9.19. The monoisotopic (exact) mass is 162 g/mol. The minimum Gasteiger partial charge on any atom is -0.338 e. The summed E-state index contributed by atoms with van der Waals surface area (Å²) in [5.74, 6) is 3.09. The van der Waals surface area contributed by atoms with Crippen LogP contribution >= 0.6 is 0 Å². The minimum absolute atomic E-state index is 0.117. The zero-order valence-corrected chi connectivity index (χ0v) is 7.81. The first kappa shape index (κ1) is 8.86. The van der Waals surface area contributed by atoms with E-state index in [-0.39, 0.29) is 5.41 Å². The Kier molecular flexibility index (Phi) is 2.23. The molecule has 1 heterocycles. The van der Waals surface area contributed by atoms with Crippen molar-refractivity contribution in [2.45, 2.75) is 32.6 Å². The van der Waals surface area contributed by atoms with Crippen LogP contribution in [0, 0.1) is 12.3 Å². The highest BCUT2D eigenvalue weighted by Crippen LogP contribution is 2.24. The molecule has 0 aliphatic heterocycles. The molecule has 0 bridgehead atoms. The van der Waals surface area contributed by atoms with Gasteiger partial charge in [-0.3, -0.25) is 0 Å². The van der Waals surface area contributed by atoms with Crippen LogP contribution in [0.25, 0.3) is 0 Å². The van der Waals surface area contributed by atoms with Crippen molar-refractivity contribution < 1.29 is 0 Å². The number of hydrogen-bond donors (Lipinski definition) is 1. The Labute approximate surface area is 73.4 Å². The molecule has 64 valence electrons. The molecular formula is C10H14N2. The highest BCUT2D eigenvalue weighted by atomic mass is 14.9. The average Bonchev–Trinajstić information content (AvgIpc) is 2.52. The molecule has 0 radical (unpaired) electrons. The van der Waals surface area contributed by atoms with Crippen LogP contribution in [0.4, 0.5) is 0 Å². The molecule has 1 N–H and O–H groups in total. The van der Waals surface area contributed by atoms with Gasteiger partial charge in [0, 0.05) is 11.6 Å². The van der Waals surface area contributed by atoms with Crippen molar-refractivity contribution in [2.24, 2.45) is 0 Å². The normalized spacial score (nSPS) is 11.2. The van der Waals surface area contributed by atoms with E-state index in [4.69, 9.17) is 6.42 Å². The van der Waals surface area contributed by atoms with Crippen molar-refractivity contribution in [1.82, 2.24) is 9.97 Å². The van der Waals surface area contributed by atoms with E-state index in [0.29, 0.717) is 5.82 Å². The van der Waals surface area contributed by atoms with Gasteiger partial charge in [0.05, 0.1) is 5.69 Å². The molecule has 0 aliphatic rings. The van der Waals surface area contributed by atoms with Gasteiger partial charge in [-0.05, 0) is 12.3 Å². The van der Waals surface area contributed by atoms with Crippen molar-refractivity contribution in [3.8, 4) is 12.3 Å². The number of rotatable bonds is 2. The molecular weight excluding hydrogens is 148 g/mol. The maximum atomic E-state index is 5.20. The van der Waals surface area contributed by atoms with E-state index < -0.39 is 0 Å². The summed E-state index contributed by atoms with van der Waals surface area (Å²) in [7, 11) is 0. The SMILES string of the molecule is C#Cc1nc(C(C)(C)CC)c[nH]1. The van der Waals surface area contributed by atoms with E-state index in [1.807, 2.05) is 6.20 Å². The Morgan fingerprint density at radius 1 is 1.67 bits per heavy atom. The topological polar surface area (TPSA) is 28.7 Å². The third-order valence-corrected chi connectivity index (χ3v) is 2.29. The van der Waals surface area contributed by atoms with Gasteiger partial charge in [0.15, 0.2) is 5.82 Å². The lowest BCUT2D eigenvalue weighted by Gasteiger charge is -2.18. The molecule has 0 saturated carbocycles. The Bertz CT molecular complexity index is 302. The van der Waals surface area contributed by atoms with E-state index in [0.717, 1.165) is 12.1 Å². The van der Waals surface area contributed by atoms with Crippen LogP contribution in [0.15, 0.2) is 6.20 Å². The fourth-order valence-corrected chi connectivity index (χ4v) is 0.923. The zero-order valence-electron chi connectivity index (χ0n) is 7.81. The number of H-pyrrole nitrogens is 1. The van der Waals surface area contributed by atoms with Crippen LogP contribution in [0.3, 0.4) is 0 Å². The molecule has 1 rings (SSSR count). The second-order valence-electron chi connectivity index (χ2n) is 3.52. The molecule has 0 atom stereocenters. The molecule has 0 amide bonds. The Morgan fingerprint density at radius 2 is 2.33 bits per heavy atom. The van der Waals surface area contributed by atoms with Crippen LogP contribution in [-0.4, -0.2) is 9.97 Å². The smallest absolute Gasteiger partial charge is 0.182 e. The van der Waals surface area contributed by atoms with Crippen molar-refractivity contribution in [3.63, 3.8) is 0 Å². The summed E-state index contributed by atoms with van der Waals surface area (Å²) < 4.78 is 0. The molecule has 2 heteroatoms. The van der Waals surface area contributed by atoms with Gasteiger partial charge in [-0.15, -0.1) is 6.42 Å². The third kappa shape index (κ3) is 1.50. The van der Waals surface area contributed by atoms with Crippen molar-refractivity contribution in [3.05, 3.63) is 17.7 Å². The van der Waals surface area contributed by atoms with E-state index in [9.17, 15) is 0 Å². The largest absolute Gasteiger partial charge is 0.338 e. The Hall–Kier alpha value is -1.23. The predicted octanol–water partition coefficient (Wildman–Crippen LogP) is 2.08. The summed E-state index contributed by atoms with van der Waals surface area (Å²) in [6, 6.07) is 0. The van der Waals surface area contributed by atoms with Gasteiger partial charge in [-0.25, -0.2) is 4.98 Å². The van der Waals surface area contributed by atoms with Gasteiger partial charge in [-0.1, -0.05) is 20.8 Å². The number of terminal acetylenes is 1. The molecule has 0 fully saturated rings. The summed E-state index contributed by atoms with van der Waals surface area (Å²) >= 11 is 0. The molecule has 0 unspecified atom stereocenters. The van der Waals surface area contributed by atoms with Gasteiger partial charge in [0.1, 0.15) is 0 Å². The Morgan fingerprint density at radius 3 is 2.75 bits per heavy atom. The van der Waals surface area contributed by atoms with Crippen molar-refractivity contribution >= 4 is 0 Å². The average molecular weight is 162 g/mol. The van der Waals surface area contributed by atoms with Gasteiger partial charge >= 0.3 is 0 Å². The van der Waals surface area contributed by atoms with Crippen molar-refractivity contribution in [1.29, 1.82) is 0 Å². The number of nitrogens with one attached hydrogen (secondary N) is 1. The summed E-state index contributed by atoms with van der Waals surface area (Å²) in [4.78, 5) is 7.23. The fraction of sp³-hybridized carbons (Fsp3) is 0.500. The van der Waals surface area contributed by atoms with Gasteiger partial charge in [0.25, 0.3) is 0 Å². The van der Waals surface area contributed by atoms with E-state index in [2.05, 4.69) is 36.7 Å². The van der Waals surface area contributed by atoms with Gasteiger partial charge in [-0.2, -0.15) is 0 Å². The lowest BCUT2D eigenvalue weighted by Crippen LogP contribution is -2.15. The lowest BCUT2D eigenvalue weighted by atomic mass is 9.87. The molecule has 0 spiro atoms. The first-order chi connectivity index (χ1) is 5.60. The highest BCUT2D eigenvalue weighted by Gasteiger charge is 2.20. The van der Waals surface area contributed by atoms with Crippen LogP contribution in [0.2, 0.25) is 0 Å². The number of hydrogen-bond acceptors (Lipinski definition) is 1. The van der Waals surface area contributed by atoms with Crippen LogP contribution in [-0.2, 0) is 5.41 Å². The standard InChI is InChI=1S/C10H14N2/c1-5-9-11-7-8(12-9)10(3,4)6-2/h1,7H,6H2,2-4H3,(H,11,12). The van der Waals surface area contributed by atoms with Gasteiger partial charge < -0.3 is 4.98 Å². The molecule has 0 aliphatic carbocycles. The molecule has 0 aromatic carbocycles. The number of nitrogens with zero attached hydrogens (tertiary/aromatic N) is 1. The maximum absolute atomic E-state index is 5.20. The number of imidazole rings is 1. The molecule has 1 aromatic heterocycles. The second-order valence-corrected chi connectivity index (χ2v) is 3.52. The van der Waals surface area contributed by atoms with E-state index in [1.165, 1.54) is 0 Å². The first-order valence-corrected chi connectivity index (χ1v) is 4.12. The van der Waals surface area contributed by atoms with E-state index in [1.54, 1.807) is 0 Å². The summed E-state index contributed by atoms with van der Waals surface area (Å²) in [5.41, 5.74) is 1.16. The van der Waals surface area contributed by atoms with E-state index >= 15 is 0 Å². The first-order valence-electron chi connectivity index (χ1n) is 4.12. The molecule has 2 nitrogen and oxygen atoms in total. The van der Waals surface area contributed by atoms with Crippen molar-refractivity contribution in [2.75, 3.05) is 0 Å². The lowest BCUT2D eigenvalue weighted by molar-refractivity contribution is 0.492. The highest BCUT2D eigenvalue weighted by molar-refractivity contribution is 5.21. The summed E-state index contributed by atoms with van der Waals surface area (Å²) in [6.45, 7) is 6.46. The third-order valence-electron chi connectivity index (χ3n) is 2.29. The molecule has 12 heavy (non-hydrogen) atoms. The molecule has 1 aromatic rings. The predicted molar refractivity (Wildman–Crippen MR) is 49.8 cm³/mol. The number of aromatic nitrogens is 2. The van der Waals surface area contributed by atoms with Crippen LogP contribution in [0.5, 0.6) is 0 Å². The van der Waals surface area contributed by atoms with Gasteiger partial charge in [0.2, 0.25) is 0 Å². The van der Waals surface area contributed by atoms with Crippen LogP contribution < -0.4 is 0 Å². The maximum Gasteiger partial charge on any atom is 0.182 e. The quantitative estimate of drug-likeness (QED) is 0.663. The summed E-state index contributed by atoms with van der Waals surface area (Å²) in [5, 5.41) is 0. The number of aromatic amines is 1. The summed E-state index contributed by atoms with van der Waals surface area (Å²) in [6.07, 6.45) is 8.15. The fourth-order valence-electron chi connectivity index (χ4n) is 0.923. The second kappa shape index (κ2) is 3.02. The van der Waals surface area contributed by atoms with Crippen LogP contribution in [0.1, 0.15) is 38.7 Å². The molecule has 0 saturated heterocycles. The minimum atomic E-state index is 0.117. The Balaban J connectivity index is 2.98.